The molecular formula is C10H11F3NOW2-. The van der Waals surface area contributed by atoms with Crippen molar-refractivity contribution in [3.63, 3.8) is 0 Å². The van der Waals surface area contributed by atoms with E-state index in [0.717, 1.165) is 12.1 Å². The number of ether oxygens (including phenoxy) is 1. The van der Waals surface area contributed by atoms with Crippen LogP contribution in [0.25, 0.3) is 0 Å². The average molecular weight is 586 g/mol. The van der Waals surface area contributed by atoms with Gasteiger partial charge in [-0.1, -0.05) is 6.61 Å². The van der Waals surface area contributed by atoms with Crippen molar-refractivity contribution in [1.82, 2.24) is 0 Å². The first-order chi connectivity index (χ1) is 7.04. The molecule has 0 fully saturated rings. The molecule has 0 aliphatic heterocycles. The van der Waals surface area contributed by atoms with Crippen LogP contribution in [0.5, 0.6) is 0 Å². The number of anilines is 1. The number of hydrogen-bond acceptors (Lipinski definition) is 2. The summed E-state index contributed by atoms with van der Waals surface area (Å²) < 4.78 is 41.3. The fourth-order valence-electron chi connectivity index (χ4n) is 0.998. The summed E-state index contributed by atoms with van der Waals surface area (Å²) >= 11 is 0. The van der Waals surface area contributed by atoms with Crippen LogP contribution in [-0.4, -0.2) is 13.7 Å². The molecule has 1 rings (SSSR count). The number of nitrogens with one attached hydrogen (secondary N) is 1. The standard InChI is InChI=1S/C10H11F3NO.2W/c1-15-7-6-14-9-4-2-8(3-5-9)10(11,12)13;;/h2-6,14H,7H2,1H3;;/q-1;;. The van der Waals surface area contributed by atoms with Gasteiger partial charge in [0, 0.05) is 54.9 Å². The van der Waals surface area contributed by atoms with Gasteiger partial charge in [0.1, 0.15) is 0 Å². The van der Waals surface area contributed by atoms with Crippen LogP contribution >= 0.6 is 0 Å². The molecular weight excluding hydrogens is 575 g/mol. The number of hydrogen-bond donors (Lipinski definition) is 1. The molecule has 7 heteroatoms. The maximum Gasteiger partial charge on any atom is 0.416 e. The van der Waals surface area contributed by atoms with Gasteiger partial charge in [-0.2, -0.15) is 13.2 Å². The van der Waals surface area contributed by atoms with Crippen LogP contribution in [0, 0.1) is 6.54 Å². The third kappa shape index (κ3) is 7.23. The molecule has 0 aromatic heterocycles. The van der Waals surface area contributed by atoms with Crippen molar-refractivity contribution in [2.75, 3.05) is 19.0 Å². The Morgan fingerprint density at radius 1 is 1.18 bits per heavy atom. The van der Waals surface area contributed by atoms with Crippen molar-refractivity contribution in [3.8, 4) is 0 Å². The second-order valence-corrected chi connectivity index (χ2v) is 2.88. The van der Waals surface area contributed by atoms with Crippen molar-refractivity contribution in [2.45, 2.75) is 6.18 Å². The summed E-state index contributed by atoms with van der Waals surface area (Å²) in [6.07, 6.45) is -4.28. The number of alkyl halides is 3. The Hall–Kier alpha value is 0.147. The summed E-state index contributed by atoms with van der Waals surface area (Å²) in [6, 6.07) is 4.80. The number of methoxy groups -OCH3 is 1. The predicted molar refractivity (Wildman–Crippen MR) is 51.2 cm³/mol. The first kappa shape index (κ1) is 19.5. The van der Waals surface area contributed by atoms with E-state index in [2.05, 4.69) is 5.32 Å². The quantitative estimate of drug-likeness (QED) is 0.434. The number of benzene rings is 1. The fraction of sp³-hybridized carbons (Fsp3) is 0.300. The summed E-state index contributed by atoms with van der Waals surface area (Å²) in [7, 11) is 1.53. The Balaban J connectivity index is 0. The van der Waals surface area contributed by atoms with E-state index in [0.29, 0.717) is 12.3 Å². The number of rotatable bonds is 4. The fourth-order valence-corrected chi connectivity index (χ4v) is 0.998. The monoisotopic (exact) mass is 586 g/mol. The Kier molecular flexibility index (Phi) is 10.5. The third-order valence-electron chi connectivity index (χ3n) is 1.73. The zero-order chi connectivity index (χ0) is 11.3. The largest absolute Gasteiger partial charge is 0.533 e. The smallest absolute Gasteiger partial charge is 0.416 e. The summed E-state index contributed by atoms with van der Waals surface area (Å²) in [5.41, 5.74) is -0.0557. The topological polar surface area (TPSA) is 21.3 Å². The normalized spacial score (nSPS) is 10.1. The number of halogens is 3. The van der Waals surface area contributed by atoms with Crippen molar-refractivity contribution < 1.29 is 60.0 Å². The summed E-state index contributed by atoms with van der Waals surface area (Å²) in [4.78, 5) is 0. The molecule has 1 aromatic carbocycles. The van der Waals surface area contributed by atoms with Gasteiger partial charge in [-0.15, -0.1) is 0 Å². The molecule has 0 radical (unpaired) electrons. The van der Waals surface area contributed by atoms with Gasteiger partial charge in [0.2, 0.25) is 0 Å². The van der Waals surface area contributed by atoms with Crippen molar-refractivity contribution in [2.24, 2.45) is 0 Å². The summed E-state index contributed by atoms with van der Waals surface area (Å²) in [5.74, 6) is 0. The van der Waals surface area contributed by atoms with E-state index >= 15 is 0 Å². The molecule has 0 bridgehead atoms. The van der Waals surface area contributed by atoms with Crippen LogP contribution in [0.2, 0.25) is 0 Å². The van der Waals surface area contributed by atoms with Gasteiger partial charge in [0.05, 0.1) is 5.56 Å². The third-order valence-corrected chi connectivity index (χ3v) is 1.73. The van der Waals surface area contributed by atoms with Crippen LogP contribution in [0.15, 0.2) is 24.3 Å². The van der Waals surface area contributed by atoms with E-state index < -0.39 is 11.7 Å². The first-order valence-electron chi connectivity index (χ1n) is 4.28. The second-order valence-electron chi connectivity index (χ2n) is 2.88. The molecule has 0 atom stereocenters. The van der Waals surface area contributed by atoms with Gasteiger partial charge in [0.15, 0.2) is 0 Å². The minimum Gasteiger partial charge on any atom is -0.533 e. The zero-order valence-electron chi connectivity index (χ0n) is 8.95. The SMILES string of the molecule is COC[CH-]Nc1ccc(C(F)(F)F)cc1.[W].[W]. The van der Waals surface area contributed by atoms with Crippen molar-refractivity contribution >= 4 is 5.69 Å². The molecule has 2 nitrogen and oxygen atoms in total. The van der Waals surface area contributed by atoms with E-state index in [1.807, 2.05) is 0 Å². The van der Waals surface area contributed by atoms with Gasteiger partial charge in [-0.05, 0) is 24.3 Å². The molecule has 96 valence electrons. The van der Waals surface area contributed by atoms with Crippen molar-refractivity contribution in [1.29, 1.82) is 0 Å². The van der Waals surface area contributed by atoms with E-state index in [9.17, 15) is 13.2 Å². The minimum absolute atomic E-state index is 0. The Bertz CT molecular complexity index is 303. The molecule has 1 N–H and O–H groups in total. The van der Waals surface area contributed by atoms with Gasteiger partial charge in [-0.25, -0.2) is 6.54 Å². The Labute approximate surface area is 127 Å². The van der Waals surface area contributed by atoms with Crippen LogP contribution < -0.4 is 5.32 Å². The van der Waals surface area contributed by atoms with Crippen LogP contribution in [0.3, 0.4) is 0 Å². The molecule has 0 amide bonds. The zero-order valence-corrected chi connectivity index (χ0v) is 14.8. The minimum atomic E-state index is -4.28. The Morgan fingerprint density at radius 2 is 1.71 bits per heavy atom. The van der Waals surface area contributed by atoms with Gasteiger partial charge in [0.25, 0.3) is 0 Å². The Morgan fingerprint density at radius 3 is 2.12 bits per heavy atom. The van der Waals surface area contributed by atoms with Gasteiger partial charge in [-0.3, -0.25) is 0 Å². The van der Waals surface area contributed by atoms with E-state index in [1.54, 1.807) is 6.54 Å². The van der Waals surface area contributed by atoms with Crippen LogP contribution in [-0.2, 0) is 53.0 Å². The van der Waals surface area contributed by atoms with Gasteiger partial charge >= 0.3 is 6.18 Å². The molecule has 0 heterocycles. The van der Waals surface area contributed by atoms with Gasteiger partial charge < -0.3 is 10.1 Å². The molecule has 0 aliphatic carbocycles. The van der Waals surface area contributed by atoms with E-state index in [-0.39, 0.29) is 42.1 Å². The maximum absolute atomic E-state index is 12.2. The summed E-state index contributed by atoms with van der Waals surface area (Å²) in [6.45, 7) is 2.00. The molecule has 1 aromatic rings. The van der Waals surface area contributed by atoms with Crippen molar-refractivity contribution in [3.05, 3.63) is 36.4 Å². The summed E-state index contributed by atoms with van der Waals surface area (Å²) in [5, 5.41) is 2.81. The predicted octanol–water partition coefficient (Wildman–Crippen LogP) is 2.92. The molecule has 0 saturated carbocycles. The maximum atomic E-state index is 12.2. The molecule has 0 saturated heterocycles. The molecule has 0 spiro atoms. The molecule has 0 unspecified atom stereocenters. The molecule has 17 heavy (non-hydrogen) atoms. The molecule has 0 aliphatic rings. The van der Waals surface area contributed by atoms with Crippen LogP contribution in [0.1, 0.15) is 5.56 Å². The van der Waals surface area contributed by atoms with Crippen LogP contribution in [0.4, 0.5) is 18.9 Å². The average Bonchev–Trinajstić information content (AvgIpc) is 2.18. The van der Waals surface area contributed by atoms with E-state index in [4.69, 9.17) is 4.74 Å². The second kappa shape index (κ2) is 9.13. The van der Waals surface area contributed by atoms with E-state index in [1.165, 1.54) is 19.2 Å². The first-order valence-corrected chi connectivity index (χ1v) is 4.28.